The number of amides is 2. The Kier molecular flexibility index (Phi) is 7.04. The van der Waals surface area contributed by atoms with Crippen molar-refractivity contribution >= 4 is 17.6 Å². The van der Waals surface area contributed by atoms with Gasteiger partial charge in [0.05, 0.1) is 29.1 Å². The normalized spacial score (nSPS) is 17.8. The molecule has 3 aromatic rings. The summed E-state index contributed by atoms with van der Waals surface area (Å²) in [5.41, 5.74) is -1.56. The first-order valence-corrected chi connectivity index (χ1v) is 10.9. The van der Waals surface area contributed by atoms with Crippen LogP contribution in [0.4, 0.5) is 36.6 Å². The van der Waals surface area contributed by atoms with Crippen LogP contribution in [0.3, 0.4) is 0 Å². The van der Waals surface area contributed by atoms with Gasteiger partial charge in [0, 0.05) is 36.4 Å². The van der Waals surface area contributed by atoms with E-state index in [2.05, 4.69) is 25.5 Å². The van der Waals surface area contributed by atoms with Crippen molar-refractivity contribution in [2.45, 2.75) is 19.3 Å². The minimum atomic E-state index is -4.76. The lowest BCUT2D eigenvalue weighted by molar-refractivity contribution is -0.153. The molecule has 0 radical (unpaired) electrons. The van der Waals surface area contributed by atoms with E-state index in [9.17, 15) is 40.3 Å². The second kappa shape index (κ2) is 9.95. The molecule has 15 heteroatoms. The second-order valence-electron chi connectivity index (χ2n) is 8.47. The third kappa shape index (κ3) is 6.03. The average Bonchev–Trinajstić information content (AvgIpc) is 3.40. The highest BCUT2D eigenvalue weighted by Crippen LogP contribution is 2.33. The first kappa shape index (κ1) is 26.9. The molecule has 0 unspecified atom stereocenters. The Labute approximate surface area is 209 Å². The Morgan fingerprint density at radius 2 is 1.87 bits per heavy atom. The number of benzene rings is 1. The molecule has 1 aliphatic heterocycles. The fourth-order valence-corrected chi connectivity index (χ4v) is 3.77. The number of hydrogen-bond donors (Lipinski definition) is 2. The summed E-state index contributed by atoms with van der Waals surface area (Å²) in [5, 5.41) is 9.12. The Bertz CT molecular complexity index is 1370. The predicted molar refractivity (Wildman–Crippen MR) is 118 cm³/mol. The third-order valence-corrected chi connectivity index (χ3v) is 5.68. The summed E-state index contributed by atoms with van der Waals surface area (Å²) in [5.74, 6) is -4.02. The summed E-state index contributed by atoms with van der Waals surface area (Å²) in [7, 11) is 0. The zero-order chi connectivity index (χ0) is 27.8. The Hall–Kier alpha value is -4.17. The molecule has 0 saturated carbocycles. The number of carbonyl (C=O) groups is 2. The Morgan fingerprint density at radius 3 is 2.50 bits per heavy atom. The van der Waals surface area contributed by atoms with E-state index in [1.165, 1.54) is 6.07 Å². The smallest absolute Gasteiger partial charge is 0.422 e. The van der Waals surface area contributed by atoms with Crippen LogP contribution in [0.5, 0.6) is 5.75 Å². The van der Waals surface area contributed by atoms with Gasteiger partial charge in [-0.05, 0) is 18.2 Å². The van der Waals surface area contributed by atoms with Crippen LogP contribution in [0, 0.1) is 17.7 Å². The Balaban J connectivity index is 1.76. The minimum Gasteiger partial charge on any atom is -0.484 e. The summed E-state index contributed by atoms with van der Waals surface area (Å²) < 4.78 is 97.5. The van der Waals surface area contributed by atoms with Gasteiger partial charge in [0.15, 0.2) is 12.4 Å². The van der Waals surface area contributed by atoms with Crippen LogP contribution in [-0.2, 0) is 15.8 Å². The fourth-order valence-electron chi connectivity index (χ4n) is 3.77. The van der Waals surface area contributed by atoms with E-state index in [4.69, 9.17) is 0 Å². The van der Waals surface area contributed by atoms with Crippen molar-refractivity contribution < 1.29 is 45.1 Å². The topological polar surface area (TPSA) is 98.1 Å². The zero-order valence-corrected chi connectivity index (χ0v) is 19.3. The lowest BCUT2D eigenvalue weighted by atomic mass is 9.97. The van der Waals surface area contributed by atoms with Gasteiger partial charge < -0.3 is 15.4 Å². The monoisotopic (exact) mass is 545 g/mol. The molecule has 0 bridgehead atoms. The highest BCUT2D eigenvalue weighted by atomic mass is 19.4. The highest BCUT2D eigenvalue weighted by Gasteiger charge is 2.36. The quantitative estimate of drug-likeness (QED) is 0.449. The molecule has 0 spiro atoms. The van der Waals surface area contributed by atoms with Crippen LogP contribution >= 0.6 is 0 Å². The number of carbonyl (C=O) groups excluding carboxylic acids is 2. The van der Waals surface area contributed by atoms with E-state index in [0.29, 0.717) is 18.3 Å². The first-order valence-electron chi connectivity index (χ1n) is 10.9. The van der Waals surface area contributed by atoms with Gasteiger partial charge in [0.25, 0.3) is 0 Å². The standard InChI is InChI=1S/C23H18F7N5O3/c1-11-17(9-32-20(11)36)21(37)33-19-6-18(12-2-14(24)5-16(3-12)38-10-22(25,26)27)35(34-19)15-4-13(7-31-8-15)23(28,29)30/h2-8,11,17H,9-10H2,1H3,(H,32,36)(H,33,34,37)/t11-,17+/m1/s1. The molecule has 2 atom stereocenters. The number of ether oxygens (including phenoxy) is 1. The van der Waals surface area contributed by atoms with Gasteiger partial charge in [-0.25, -0.2) is 9.07 Å². The molecule has 1 fully saturated rings. The molecule has 2 amide bonds. The largest absolute Gasteiger partial charge is 0.484 e. The molecular weight excluding hydrogens is 527 g/mol. The molecule has 2 N–H and O–H groups in total. The molecule has 8 nitrogen and oxygen atoms in total. The van der Waals surface area contributed by atoms with Crippen molar-refractivity contribution in [1.29, 1.82) is 0 Å². The minimum absolute atomic E-state index is 0.0563. The number of hydrogen-bond acceptors (Lipinski definition) is 5. The first-order chi connectivity index (χ1) is 17.7. The second-order valence-corrected chi connectivity index (χ2v) is 8.47. The average molecular weight is 545 g/mol. The predicted octanol–water partition coefficient (Wildman–Crippen LogP) is 4.35. The summed E-state index contributed by atoms with van der Waals surface area (Å²) in [6.45, 7) is -0.110. The van der Waals surface area contributed by atoms with Crippen LogP contribution in [0.2, 0.25) is 0 Å². The number of rotatable bonds is 6. The SMILES string of the molecule is C[C@H]1C(=O)NC[C@@H]1C(=O)Nc1cc(-c2cc(F)cc(OCC(F)(F)F)c2)n(-c2cncc(C(F)(F)F)c2)n1. The number of nitrogens with one attached hydrogen (secondary N) is 2. The molecule has 1 aliphatic rings. The van der Waals surface area contributed by atoms with Crippen molar-refractivity contribution in [2.24, 2.45) is 11.8 Å². The summed E-state index contributed by atoms with van der Waals surface area (Å²) in [6, 6.07) is 4.54. The lowest BCUT2D eigenvalue weighted by Crippen LogP contribution is -2.28. The van der Waals surface area contributed by atoms with Crippen LogP contribution in [0.1, 0.15) is 12.5 Å². The van der Waals surface area contributed by atoms with Gasteiger partial charge in [0.2, 0.25) is 11.8 Å². The van der Waals surface area contributed by atoms with Crippen molar-refractivity contribution in [3.63, 3.8) is 0 Å². The maximum atomic E-state index is 14.3. The highest BCUT2D eigenvalue weighted by molar-refractivity contribution is 5.98. The molecular formula is C23H18F7N5O3. The third-order valence-electron chi connectivity index (χ3n) is 5.68. The number of nitrogens with zero attached hydrogens (tertiary/aromatic N) is 3. The number of aromatic nitrogens is 3. The van der Waals surface area contributed by atoms with Crippen LogP contribution < -0.4 is 15.4 Å². The molecule has 1 aromatic carbocycles. The zero-order valence-electron chi connectivity index (χ0n) is 19.3. The molecule has 0 aliphatic carbocycles. The lowest BCUT2D eigenvalue weighted by Gasteiger charge is -2.13. The van der Waals surface area contributed by atoms with E-state index in [1.807, 2.05) is 0 Å². The molecule has 38 heavy (non-hydrogen) atoms. The molecule has 3 heterocycles. The maximum absolute atomic E-state index is 14.3. The van der Waals surface area contributed by atoms with Gasteiger partial charge in [-0.1, -0.05) is 6.92 Å². The number of anilines is 1. The van der Waals surface area contributed by atoms with Crippen LogP contribution in [0.25, 0.3) is 16.9 Å². The van der Waals surface area contributed by atoms with Gasteiger partial charge in [-0.3, -0.25) is 14.6 Å². The Morgan fingerprint density at radius 1 is 1.13 bits per heavy atom. The molecule has 2 aromatic heterocycles. The van der Waals surface area contributed by atoms with Crippen molar-refractivity contribution in [3.8, 4) is 22.7 Å². The summed E-state index contributed by atoms with van der Waals surface area (Å²) >= 11 is 0. The van der Waals surface area contributed by atoms with Crippen LogP contribution in [-0.4, -0.2) is 45.9 Å². The summed E-state index contributed by atoms with van der Waals surface area (Å²) in [4.78, 5) is 28.0. The van der Waals surface area contributed by atoms with E-state index >= 15 is 0 Å². The van der Waals surface area contributed by atoms with Crippen molar-refractivity contribution in [1.82, 2.24) is 20.1 Å². The van der Waals surface area contributed by atoms with Gasteiger partial charge in [0.1, 0.15) is 11.6 Å². The van der Waals surface area contributed by atoms with E-state index in [0.717, 1.165) is 23.0 Å². The number of alkyl halides is 6. The van der Waals surface area contributed by atoms with E-state index < -0.39 is 53.8 Å². The van der Waals surface area contributed by atoms with Crippen LogP contribution in [0.15, 0.2) is 42.7 Å². The summed E-state index contributed by atoms with van der Waals surface area (Å²) in [6.07, 6.45) is -7.86. The van der Waals surface area contributed by atoms with Crippen molar-refractivity contribution in [3.05, 3.63) is 54.1 Å². The number of pyridine rings is 1. The van der Waals surface area contributed by atoms with Crippen molar-refractivity contribution in [2.75, 3.05) is 18.5 Å². The van der Waals surface area contributed by atoms with Gasteiger partial charge >= 0.3 is 12.4 Å². The maximum Gasteiger partial charge on any atom is 0.422 e. The fraction of sp³-hybridized carbons (Fsp3) is 0.304. The molecule has 202 valence electrons. The van der Waals surface area contributed by atoms with Gasteiger partial charge in [-0.15, -0.1) is 5.10 Å². The van der Waals surface area contributed by atoms with E-state index in [1.54, 1.807) is 6.92 Å². The number of halogens is 7. The van der Waals surface area contributed by atoms with Gasteiger partial charge in [-0.2, -0.15) is 26.3 Å². The molecule has 4 rings (SSSR count). The molecule has 1 saturated heterocycles. The van der Waals surface area contributed by atoms with E-state index in [-0.39, 0.29) is 35.2 Å².